The molecule has 0 radical (unpaired) electrons. The van der Waals surface area contributed by atoms with Gasteiger partial charge >= 0.3 is 0 Å². The molecule has 0 aliphatic heterocycles. The number of benzene rings is 2. The maximum atomic E-state index is 12.9. The van der Waals surface area contributed by atoms with E-state index in [9.17, 15) is 18.0 Å². The Kier molecular flexibility index (Phi) is 6.40. The molecule has 2 aromatic rings. The van der Waals surface area contributed by atoms with E-state index in [0.29, 0.717) is 16.6 Å². The fraction of sp³-hybridized carbons (Fsp3) is 0.300. The molecular formula is C20H22BrN3O4S. The summed E-state index contributed by atoms with van der Waals surface area (Å²) in [6.07, 6.45) is 1.67. The molecule has 2 amide bonds. The van der Waals surface area contributed by atoms with E-state index in [2.05, 4.69) is 26.0 Å². The summed E-state index contributed by atoms with van der Waals surface area (Å²) < 4.78 is 28.1. The Morgan fingerprint density at radius 1 is 1.14 bits per heavy atom. The highest BCUT2D eigenvalue weighted by Gasteiger charge is 2.29. The monoisotopic (exact) mass is 479 g/mol. The zero-order chi connectivity index (χ0) is 21.2. The summed E-state index contributed by atoms with van der Waals surface area (Å²) in [5.41, 5.74) is 1.66. The summed E-state index contributed by atoms with van der Waals surface area (Å²) in [5.74, 6) is -0.488. The van der Waals surface area contributed by atoms with Gasteiger partial charge in [-0.25, -0.2) is 13.1 Å². The molecule has 7 nitrogen and oxygen atoms in total. The summed E-state index contributed by atoms with van der Waals surface area (Å²) >= 11 is 3.34. The van der Waals surface area contributed by atoms with E-state index < -0.39 is 10.0 Å². The van der Waals surface area contributed by atoms with Crippen LogP contribution in [-0.2, 0) is 16.6 Å². The average Bonchev–Trinajstić information content (AvgIpc) is 3.50. The molecule has 0 unspecified atom stereocenters. The Bertz CT molecular complexity index is 1030. The summed E-state index contributed by atoms with van der Waals surface area (Å²) in [5, 5.41) is 2.56. The SMILES string of the molecule is CNC(=O)c1ccc(CN(C)C(=O)c2cc(S(=O)(=O)NC3CC3)ccc2Br)cc1. The molecule has 29 heavy (non-hydrogen) atoms. The number of hydrogen-bond donors (Lipinski definition) is 2. The number of amides is 2. The Labute approximate surface area is 178 Å². The molecule has 1 aliphatic rings. The predicted octanol–water partition coefficient (Wildman–Crippen LogP) is 2.52. The van der Waals surface area contributed by atoms with Crippen LogP contribution >= 0.6 is 15.9 Å². The molecule has 0 bridgehead atoms. The quantitative estimate of drug-likeness (QED) is 0.637. The number of hydrogen-bond acceptors (Lipinski definition) is 4. The molecule has 0 spiro atoms. The Hall–Kier alpha value is -2.23. The smallest absolute Gasteiger partial charge is 0.255 e. The second-order valence-corrected chi connectivity index (χ2v) is 9.54. The third-order valence-corrected chi connectivity index (χ3v) is 6.80. The van der Waals surface area contributed by atoms with Crippen molar-refractivity contribution in [3.8, 4) is 0 Å². The van der Waals surface area contributed by atoms with Crippen LogP contribution in [-0.4, -0.2) is 45.3 Å². The van der Waals surface area contributed by atoms with Crippen molar-refractivity contribution in [2.45, 2.75) is 30.3 Å². The van der Waals surface area contributed by atoms with Gasteiger partial charge in [0.15, 0.2) is 0 Å². The maximum absolute atomic E-state index is 12.9. The van der Waals surface area contributed by atoms with Gasteiger partial charge in [0, 0.05) is 36.7 Å². The lowest BCUT2D eigenvalue weighted by Crippen LogP contribution is -2.28. The number of sulfonamides is 1. The van der Waals surface area contributed by atoms with Crippen molar-refractivity contribution in [3.63, 3.8) is 0 Å². The molecule has 0 atom stereocenters. The minimum Gasteiger partial charge on any atom is -0.355 e. The van der Waals surface area contributed by atoms with Crippen LogP contribution in [0, 0.1) is 0 Å². The molecule has 1 fully saturated rings. The Balaban J connectivity index is 1.76. The minimum atomic E-state index is -3.65. The van der Waals surface area contributed by atoms with Gasteiger partial charge in [-0.2, -0.15) is 0 Å². The van der Waals surface area contributed by atoms with Gasteiger partial charge in [-0.3, -0.25) is 9.59 Å². The molecular weight excluding hydrogens is 458 g/mol. The van der Waals surface area contributed by atoms with E-state index in [1.165, 1.54) is 17.0 Å². The van der Waals surface area contributed by atoms with Crippen molar-refractivity contribution in [2.75, 3.05) is 14.1 Å². The number of halogens is 1. The molecule has 0 aromatic heterocycles. The molecule has 1 aliphatic carbocycles. The van der Waals surface area contributed by atoms with Crippen LogP contribution in [0.5, 0.6) is 0 Å². The largest absolute Gasteiger partial charge is 0.355 e. The maximum Gasteiger partial charge on any atom is 0.255 e. The first-order valence-corrected chi connectivity index (χ1v) is 11.4. The van der Waals surface area contributed by atoms with Gasteiger partial charge in [-0.05, 0) is 64.7 Å². The van der Waals surface area contributed by atoms with Crippen LogP contribution in [0.1, 0.15) is 39.1 Å². The van der Waals surface area contributed by atoms with Gasteiger partial charge in [-0.1, -0.05) is 12.1 Å². The highest BCUT2D eigenvalue weighted by molar-refractivity contribution is 9.10. The second-order valence-electron chi connectivity index (χ2n) is 6.97. The molecule has 9 heteroatoms. The molecule has 2 N–H and O–H groups in total. The Morgan fingerprint density at radius 3 is 2.38 bits per heavy atom. The zero-order valence-electron chi connectivity index (χ0n) is 16.1. The molecule has 3 rings (SSSR count). The van der Waals surface area contributed by atoms with E-state index in [4.69, 9.17) is 0 Å². The molecule has 0 saturated heterocycles. The second kappa shape index (κ2) is 8.64. The normalized spacial score (nSPS) is 13.8. The lowest BCUT2D eigenvalue weighted by molar-refractivity contribution is 0.0783. The van der Waals surface area contributed by atoms with Gasteiger partial charge in [0.25, 0.3) is 11.8 Å². The van der Waals surface area contributed by atoms with Gasteiger partial charge < -0.3 is 10.2 Å². The number of carbonyl (C=O) groups is 2. The standard InChI is InChI=1S/C20H22BrN3O4S/c1-22-19(25)14-5-3-13(4-6-14)12-24(2)20(26)17-11-16(9-10-18(17)21)29(27,28)23-15-7-8-15/h3-6,9-11,15,23H,7-8,12H2,1-2H3,(H,22,25). The van der Waals surface area contributed by atoms with Crippen LogP contribution < -0.4 is 10.0 Å². The molecule has 0 heterocycles. The zero-order valence-corrected chi connectivity index (χ0v) is 18.5. The molecule has 1 saturated carbocycles. The van der Waals surface area contributed by atoms with Crippen molar-refractivity contribution < 1.29 is 18.0 Å². The van der Waals surface area contributed by atoms with Crippen LogP contribution in [0.4, 0.5) is 0 Å². The fourth-order valence-corrected chi connectivity index (χ4v) is 4.53. The summed E-state index contributed by atoms with van der Waals surface area (Å²) in [7, 11) is -0.441. The Morgan fingerprint density at radius 2 is 1.79 bits per heavy atom. The molecule has 2 aromatic carbocycles. The van der Waals surface area contributed by atoms with Gasteiger partial charge in [0.2, 0.25) is 10.0 Å². The lowest BCUT2D eigenvalue weighted by Gasteiger charge is -2.19. The van der Waals surface area contributed by atoms with Gasteiger partial charge in [-0.15, -0.1) is 0 Å². The number of rotatable bonds is 7. The third-order valence-electron chi connectivity index (χ3n) is 4.59. The van der Waals surface area contributed by atoms with Gasteiger partial charge in [0.1, 0.15) is 0 Å². The van der Waals surface area contributed by atoms with Crippen LogP contribution in [0.3, 0.4) is 0 Å². The summed E-state index contributed by atoms with van der Waals surface area (Å²) in [4.78, 5) is 26.1. The van der Waals surface area contributed by atoms with E-state index in [1.807, 2.05) is 0 Å². The highest BCUT2D eigenvalue weighted by atomic mass is 79.9. The first kappa shape index (κ1) is 21.5. The topological polar surface area (TPSA) is 95.6 Å². The number of carbonyl (C=O) groups excluding carboxylic acids is 2. The van der Waals surface area contributed by atoms with E-state index >= 15 is 0 Å². The average molecular weight is 480 g/mol. The van der Waals surface area contributed by atoms with Crippen LogP contribution in [0.2, 0.25) is 0 Å². The minimum absolute atomic E-state index is 0.0109. The van der Waals surface area contributed by atoms with Crippen LogP contribution in [0.15, 0.2) is 51.8 Å². The first-order valence-electron chi connectivity index (χ1n) is 9.09. The van der Waals surface area contributed by atoms with E-state index in [1.54, 1.807) is 44.4 Å². The van der Waals surface area contributed by atoms with Crippen LogP contribution in [0.25, 0.3) is 0 Å². The molecule has 154 valence electrons. The summed E-state index contributed by atoms with van der Waals surface area (Å²) in [6.45, 7) is 0.316. The number of nitrogens with one attached hydrogen (secondary N) is 2. The van der Waals surface area contributed by atoms with Crippen molar-refractivity contribution in [1.29, 1.82) is 0 Å². The third kappa shape index (κ3) is 5.23. The fourth-order valence-electron chi connectivity index (χ4n) is 2.78. The lowest BCUT2D eigenvalue weighted by atomic mass is 10.1. The number of nitrogens with zero attached hydrogens (tertiary/aromatic N) is 1. The van der Waals surface area contributed by atoms with Crippen molar-refractivity contribution >= 4 is 37.8 Å². The van der Waals surface area contributed by atoms with Crippen molar-refractivity contribution in [1.82, 2.24) is 14.9 Å². The van der Waals surface area contributed by atoms with E-state index in [-0.39, 0.29) is 28.3 Å². The first-order chi connectivity index (χ1) is 13.7. The van der Waals surface area contributed by atoms with Crippen molar-refractivity contribution in [2.24, 2.45) is 0 Å². The summed E-state index contributed by atoms with van der Waals surface area (Å²) in [6, 6.07) is 11.4. The highest BCUT2D eigenvalue weighted by Crippen LogP contribution is 2.26. The van der Waals surface area contributed by atoms with E-state index in [0.717, 1.165) is 18.4 Å². The van der Waals surface area contributed by atoms with Gasteiger partial charge in [0.05, 0.1) is 10.5 Å². The predicted molar refractivity (Wildman–Crippen MR) is 113 cm³/mol. The van der Waals surface area contributed by atoms with Crippen molar-refractivity contribution in [3.05, 3.63) is 63.6 Å².